The molecule has 104 valence electrons. The van der Waals surface area contributed by atoms with Crippen LogP contribution in [0.2, 0.25) is 0 Å². The molecular weight excluding hydrogens is 236 g/mol. The first kappa shape index (κ1) is 16.6. The topological polar surface area (TPSA) is 81.1 Å². The molecule has 0 aromatic carbocycles. The molecule has 0 aromatic rings. The number of carbonyl (C=O) groups excluding carboxylic acids is 2. The third-order valence-corrected chi connectivity index (χ3v) is 2.06. The highest BCUT2D eigenvalue weighted by Gasteiger charge is 2.25. The fourth-order valence-corrected chi connectivity index (χ4v) is 0.945. The van der Waals surface area contributed by atoms with Gasteiger partial charge < -0.3 is 0 Å². The van der Waals surface area contributed by atoms with E-state index in [9.17, 15) is 20.0 Å². The summed E-state index contributed by atoms with van der Waals surface area (Å²) in [5.41, 5.74) is -1.51. The van der Waals surface area contributed by atoms with Crippen molar-refractivity contribution in [3.63, 3.8) is 0 Å². The smallest absolute Gasteiger partial charge is 0.270 e. The van der Waals surface area contributed by atoms with Gasteiger partial charge in [-0.05, 0) is 41.5 Å². The lowest BCUT2D eigenvalue weighted by Gasteiger charge is -2.29. The maximum atomic E-state index is 11.5. The lowest BCUT2D eigenvalue weighted by molar-refractivity contribution is -0.183. The maximum Gasteiger partial charge on any atom is 0.270 e. The zero-order valence-corrected chi connectivity index (χ0v) is 11.8. The van der Waals surface area contributed by atoms with Crippen molar-refractivity contribution in [2.75, 3.05) is 0 Å². The summed E-state index contributed by atoms with van der Waals surface area (Å²) in [7, 11) is 0. The number of amides is 2. The molecule has 0 heterocycles. The van der Waals surface area contributed by atoms with E-state index in [4.69, 9.17) is 0 Å². The van der Waals surface area contributed by atoms with Crippen LogP contribution in [0.5, 0.6) is 0 Å². The standard InChI is InChI=1S/C12H22N2O4/c1-11(2,3)13(17)9(15)7-8-10(16)14(18)12(4,5)6/h7-8,17-18H,1-6H3/b8-7-. The molecule has 0 aromatic heterocycles. The highest BCUT2D eigenvalue weighted by Crippen LogP contribution is 2.12. The van der Waals surface area contributed by atoms with Gasteiger partial charge in [-0.1, -0.05) is 0 Å². The number of carbonyl (C=O) groups is 2. The first-order valence-electron chi connectivity index (χ1n) is 5.61. The number of hydrogen-bond donors (Lipinski definition) is 2. The Kier molecular flexibility index (Phi) is 5.07. The minimum absolute atomic E-state index is 0.523. The normalized spacial score (nSPS) is 12.7. The van der Waals surface area contributed by atoms with Crippen molar-refractivity contribution in [1.82, 2.24) is 10.1 Å². The SMILES string of the molecule is CC(C)(C)N(O)C(=O)/C=C\C(=O)N(O)C(C)(C)C. The molecule has 0 radical (unpaired) electrons. The van der Waals surface area contributed by atoms with Crippen LogP contribution in [0.1, 0.15) is 41.5 Å². The van der Waals surface area contributed by atoms with Crippen LogP contribution in [-0.2, 0) is 9.59 Å². The zero-order chi connectivity index (χ0) is 14.7. The van der Waals surface area contributed by atoms with Gasteiger partial charge in [0.25, 0.3) is 11.8 Å². The van der Waals surface area contributed by atoms with Crippen molar-refractivity contribution in [2.45, 2.75) is 52.6 Å². The van der Waals surface area contributed by atoms with Crippen LogP contribution in [0.3, 0.4) is 0 Å². The van der Waals surface area contributed by atoms with Gasteiger partial charge in [-0.15, -0.1) is 0 Å². The molecule has 0 aliphatic rings. The van der Waals surface area contributed by atoms with Gasteiger partial charge in [-0.25, -0.2) is 10.1 Å². The number of hydrogen-bond acceptors (Lipinski definition) is 4. The molecule has 0 fully saturated rings. The Labute approximate surface area is 107 Å². The van der Waals surface area contributed by atoms with Gasteiger partial charge >= 0.3 is 0 Å². The van der Waals surface area contributed by atoms with Gasteiger partial charge in [0.05, 0.1) is 11.1 Å². The molecule has 18 heavy (non-hydrogen) atoms. The van der Waals surface area contributed by atoms with Crippen LogP contribution < -0.4 is 0 Å². The Morgan fingerprint density at radius 1 is 0.778 bits per heavy atom. The molecule has 2 N–H and O–H groups in total. The molecule has 0 atom stereocenters. The highest BCUT2D eigenvalue weighted by molar-refractivity contribution is 5.96. The highest BCUT2D eigenvalue weighted by atomic mass is 16.5. The fourth-order valence-electron chi connectivity index (χ4n) is 0.945. The van der Waals surface area contributed by atoms with E-state index in [0.29, 0.717) is 10.1 Å². The minimum Gasteiger partial charge on any atom is -0.285 e. The number of nitrogens with zero attached hydrogens (tertiary/aromatic N) is 2. The third kappa shape index (κ3) is 4.85. The Bertz CT molecular complexity index is 316. The number of rotatable bonds is 2. The monoisotopic (exact) mass is 258 g/mol. The summed E-state index contributed by atoms with van der Waals surface area (Å²) < 4.78 is 0. The molecule has 6 nitrogen and oxygen atoms in total. The third-order valence-electron chi connectivity index (χ3n) is 2.06. The Morgan fingerprint density at radius 2 is 1.00 bits per heavy atom. The summed E-state index contributed by atoms with van der Waals surface area (Å²) in [4.78, 5) is 23.0. The second-order valence-corrected chi connectivity index (χ2v) is 5.98. The Morgan fingerprint density at radius 3 is 1.17 bits per heavy atom. The van der Waals surface area contributed by atoms with E-state index in [-0.39, 0.29) is 0 Å². The second kappa shape index (κ2) is 5.49. The molecule has 2 amide bonds. The summed E-state index contributed by atoms with van der Waals surface area (Å²) in [6.07, 6.45) is 1.84. The van der Waals surface area contributed by atoms with Gasteiger partial charge in [0.2, 0.25) is 0 Å². The summed E-state index contributed by atoms with van der Waals surface area (Å²) in [5, 5.41) is 20.1. The first-order valence-corrected chi connectivity index (χ1v) is 5.61. The summed E-state index contributed by atoms with van der Waals surface area (Å²) in [5.74, 6) is -1.45. The first-order chi connectivity index (χ1) is 7.87. The lowest BCUT2D eigenvalue weighted by Crippen LogP contribution is -2.43. The van der Waals surface area contributed by atoms with Crippen molar-refractivity contribution >= 4 is 11.8 Å². The van der Waals surface area contributed by atoms with Gasteiger partial charge in [-0.2, -0.15) is 0 Å². The summed E-state index contributed by atoms with van der Waals surface area (Å²) >= 11 is 0. The second-order valence-electron chi connectivity index (χ2n) is 5.98. The van der Waals surface area contributed by atoms with Crippen molar-refractivity contribution in [3.05, 3.63) is 12.2 Å². The van der Waals surface area contributed by atoms with Crippen LogP contribution in [0, 0.1) is 0 Å². The molecule has 0 aliphatic heterocycles. The van der Waals surface area contributed by atoms with Crippen molar-refractivity contribution < 1.29 is 20.0 Å². The van der Waals surface area contributed by atoms with Crippen LogP contribution >= 0.6 is 0 Å². The zero-order valence-electron chi connectivity index (χ0n) is 11.8. The van der Waals surface area contributed by atoms with Crippen molar-refractivity contribution in [2.24, 2.45) is 0 Å². The van der Waals surface area contributed by atoms with E-state index in [1.165, 1.54) is 0 Å². The van der Waals surface area contributed by atoms with Crippen molar-refractivity contribution in [1.29, 1.82) is 0 Å². The molecule has 0 bridgehead atoms. The van der Waals surface area contributed by atoms with E-state index >= 15 is 0 Å². The molecule has 0 saturated heterocycles. The summed E-state index contributed by atoms with van der Waals surface area (Å²) in [6, 6.07) is 0. The average Bonchev–Trinajstić information content (AvgIpc) is 2.20. The largest absolute Gasteiger partial charge is 0.285 e. The summed E-state index contributed by atoms with van der Waals surface area (Å²) in [6.45, 7) is 9.88. The van der Waals surface area contributed by atoms with E-state index < -0.39 is 22.9 Å². The average molecular weight is 258 g/mol. The van der Waals surface area contributed by atoms with Crippen LogP contribution in [0.4, 0.5) is 0 Å². The molecule has 0 aliphatic carbocycles. The number of hydroxylamine groups is 4. The molecule has 0 saturated carbocycles. The quantitative estimate of drug-likeness (QED) is 0.447. The predicted molar refractivity (Wildman–Crippen MR) is 65.9 cm³/mol. The van der Waals surface area contributed by atoms with E-state index in [2.05, 4.69) is 0 Å². The Hall–Kier alpha value is -1.40. The van der Waals surface area contributed by atoms with Gasteiger partial charge in [0, 0.05) is 12.2 Å². The Balaban J connectivity index is 4.68. The molecule has 0 spiro atoms. The van der Waals surface area contributed by atoms with E-state index in [1.807, 2.05) is 0 Å². The van der Waals surface area contributed by atoms with E-state index in [1.54, 1.807) is 41.5 Å². The van der Waals surface area contributed by atoms with Crippen LogP contribution in [0.15, 0.2) is 12.2 Å². The molecular formula is C12H22N2O4. The predicted octanol–water partition coefficient (Wildman–Crippen LogP) is 1.58. The van der Waals surface area contributed by atoms with Gasteiger partial charge in [-0.3, -0.25) is 20.0 Å². The van der Waals surface area contributed by atoms with Crippen LogP contribution in [-0.4, -0.2) is 43.4 Å². The van der Waals surface area contributed by atoms with E-state index in [0.717, 1.165) is 12.2 Å². The van der Waals surface area contributed by atoms with Gasteiger partial charge in [0.1, 0.15) is 0 Å². The maximum absolute atomic E-state index is 11.5. The minimum atomic E-state index is -0.757. The molecule has 6 heteroatoms. The fraction of sp³-hybridized carbons (Fsp3) is 0.667. The van der Waals surface area contributed by atoms with Crippen molar-refractivity contribution in [3.8, 4) is 0 Å². The molecule has 0 rings (SSSR count). The van der Waals surface area contributed by atoms with Gasteiger partial charge in [0.15, 0.2) is 0 Å². The molecule has 0 unspecified atom stereocenters. The lowest BCUT2D eigenvalue weighted by atomic mass is 10.1. The van der Waals surface area contributed by atoms with Crippen LogP contribution in [0.25, 0.3) is 0 Å².